The van der Waals surface area contributed by atoms with Gasteiger partial charge in [-0.05, 0) is 19.1 Å². The number of hydrogen-bond donors (Lipinski definition) is 1. The van der Waals surface area contributed by atoms with Crippen molar-refractivity contribution in [1.82, 2.24) is 0 Å². The topological polar surface area (TPSA) is 58.9 Å². The van der Waals surface area contributed by atoms with Crippen molar-refractivity contribution in [3.8, 4) is 11.5 Å². The van der Waals surface area contributed by atoms with Crippen molar-refractivity contribution >= 4 is 6.08 Å². The van der Waals surface area contributed by atoms with Gasteiger partial charge in [-0.15, -0.1) is 0 Å². The molecule has 74 valence electrons. The summed E-state index contributed by atoms with van der Waals surface area (Å²) in [4.78, 5) is 13.4. The molecular formula is C10H11NO3. The van der Waals surface area contributed by atoms with Gasteiger partial charge in [0.15, 0.2) is 0 Å². The quantitative estimate of drug-likeness (QED) is 0.582. The number of benzene rings is 1. The zero-order chi connectivity index (χ0) is 10.4. The second-order valence-electron chi connectivity index (χ2n) is 2.88. The minimum atomic E-state index is -0.227. The van der Waals surface area contributed by atoms with E-state index in [1.54, 1.807) is 25.1 Å². The fourth-order valence-corrected chi connectivity index (χ4v) is 0.917. The van der Waals surface area contributed by atoms with Gasteiger partial charge in [0.2, 0.25) is 6.08 Å². The van der Waals surface area contributed by atoms with E-state index < -0.39 is 0 Å². The van der Waals surface area contributed by atoms with Crippen LogP contribution in [0.25, 0.3) is 0 Å². The number of aliphatic imine (C=N–C) groups is 1. The highest BCUT2D eigenvalue weighted by Crippen LogP contribution is 2.17. The second-order valence-corrected chi connectivity index (χ2v) is 2.88. The number of nitrogens with zero attached hydrogens (tertiary/aromatic N) is 1. The molecule has 1 N–H and O–H groups in total. The molecule has 0 aliphatic carbocycles. The molecule has 0 heterocycles. The summed E-state index contributed by atoms with van der Waals surface area (Å²) < 4.78 is 5.27. The average molecular weight is 193 g/mol. The molecule has 1 rings (SSSR count). The van der Waals surface area contributed by atoms with E-state index in [9.17, 15) is 4.79 Å². The average Bonchev–Trinajstić information content (AvgIpc) is 2.15. The highest BCUT2D eigenvalue weighted by molar-refractivity contribution is 5.34. The van der Waals surface area contributed by atoms with Crippen LogP contribution in [0.1, 0.15) is 6.92 Å². The minimum absolute atomic E-state index is 0.147. The van der Waals surface area contributed by atoms with Gasteiger partial charge < -0.3 is 9.84 Å². The second kappa shape index (κ2) is 5.04. The Labute approximate surface area is 81.9 Å². The third-order valence-corrected chi connectivity index (χ3v) is 1.58. The Hall–Kier alpha value is -1.80. The van der Waals surface area contributed by atoms with E-state index in [1.807, 2.05) is 0 Å². The van der Waals surface area contributed by atoms with Crippen molar-refractivity contribution in [3.63, 3.8) is 0 Å². The van der Waals surface area contributed by atoms with Crippen molar-refractivity contribution in [2.75, 3.05) is 6.61 Å². The van der Waals surface area contributed by atoms with E-state index >= 15 is 0 Å². The van der Waals surface area contributed by atoms with Crippen molar-refractivity contribution in [2.24, 2.45) is 4.99 Å². The van der Waals surface area contributed by atoms with E-state index in [2.05, 4.69) is 4.99 Å². The maximum atomic E-state index is 9.89. The molecule has 0 radical (unpaired) electrons. The van der Waals surface area contributed by atoms with Crippen LogP contribution in [0.15, 0.2) is 29.3 Å². The van der Waals surface area contributed by atoms with Gasteiger partial charge in [-0.1, -0.05) is 6.07 Å². The maximum Gasteiger partial charge on any atom is 0.235 e. The van der Waals surface area contributed by atoms with Crippen LogP contribution in [-0.4, -0.2) is 23.8 Å². The lowest BCUT2D eigenvalue weighted by molar-refractivity contribution is 0.295. The number of phenols is 1. The van der Waals surface area contributed by atoms with Crippen LogP contribution in [0.3, 0.4) is 0 Å². The van der Waals surface area contributed by atoms with Crippen LogP contribution in [0.2, 0.25) is 0 Å². The van der Waals surface area contributed by atoms with E-state index in [0.717, 1.165) is 0 Å². The number of rotatable bonds is 4. The van der Waals surface area contributed by atoms with Crippen LogP contribution in [-0.2, 0) is 4.79 Å². The first-order valence-corrected chi connectivity index (χ1v) is 4.21. The Bertz CT molecular complexity index is 345. The highest BCUT2D eigenvalue weighted by atomic mass is 16.5. The largest absolute Gasteiger partial charge is 0.508 e. The van der Waals surface area contributed by atoms with Crippen molar-refractivity contribution < 1.29 is 14.6 Å². The van der Waals surface area contributed by atoms with Crippen LogP contribution in [0.5, 0.6) is 11.5 Å². The van der Waals surface area contributed by atoms with Gasteiger partial charge in [0.1, 0.15) is 18.1 Å². The third kappa shape index (κ3) is 3.29. The summed E-state index contributed by atoms with van der Waals surface area (Å²) in [7, 11) is 0. The van der Waals surface area contributed by atoms with Crippen molar-refractivity contribution in [2.45, 2.75) is 13.0 Å². The molecule has 0 saturated carbocycles. The first kappa shape index (κ1) is 10.3. The van der Waals surface area contributed by atoms with Crippen molar-refractivity contribution in [3.05, 3.63) is 24.3 Å². The summed E-state index contributed by atoms with van der Waals surface area (Å²) in [6.45, 7) is 2.03. The lowest BCUT2D eigenvalue weighted by atomic mass is 10.3. The first-order chi connectivity index (χ1) is 6.72. The van der Waals surface area contributed by atoms with Crippen LogP contribution in [0.4, 0.5) is 0 Å². The lowest BCUT2D eigenvalue weighted by Gasteiger charge is -2.07. The summed E-state index contributed by atoms with van der Waals surface area (Å²) in [6.07, 6.45) is 1.46. The van der Waals surface area contributed by atoms with Gasteiger partial charge in [-0.3, -0.25) is 0 Å². The molecule has 1 aromatic carbocycles. The molecule has 0 aromatic heterocycles. The Kier molecular flexibility index (Phi) is 3.70. The SMILES string of the molecule is CC(COc1cccc(O)c1)N=C=O. The number of carbonyl (C=O) groups excluding carboxylic acids is 1. The van der Waals surface area contributed by atoms with E-state index in [0.29, 0.717) is 12.4 Å². The fourth-order valence-electron chi connectivity index (χ4n) is 0.917. The molecule has 4 nitrogen and oxygen atoms in total. The van der Waals surface area contributed by atoms with Gasteiger partial charge in [-0.2, -0.15) is 4.99 Å². The molecule has 0 amide bonds. The molecule has 1 aromatic rings. The minimum Gasteiger partial charge on any atom is -0.508 e. The van der Waals surface area contributed by atoms with Crippen LogP contribution >= 0.6 is 0 Å². The normalized spacial score (nSPS) is 11.5. The molecule has 0 bridgehead atoms. The van der Waals surface area contributed by atoms with E-state index in [1.165, 1.54) is 12.1 Å². The standard InChI is InChI=1S/C10H11NO3/c1-8(11-7-12)6-14-10-4-2-3-9(13)5-10/h2-5,8,13H,6H2,1H3. The molecule has 1 unspecified atom stereocenters. The van der Waals surface area contributed by atoms with Gasteiger partial charge in [0.05, 0.1) is 6.04 Å². The Morgan fingerprint density at radius 3 is 3.07 bits per heavy atom. The first-order valence-electron chi connectivity index (χ1n) is 4.21. The predicted octanol–water partition coefficient (Wildman–Crippen LogP) is 1.50. The molecule has 0 spiro atoms. The number of aromatic hydroxyl groups is 1. The van der Waals surface area contributed by atoms with Crippen LogP contribution in [0, 0.1) is 0 Å². The summed E-state index contributed by atoms with van der Waals surface area (Å²) in [5.41, 5.74) is 0. The predicted molar refractivity (Wildman–Crippen MR) is 51.2 cm³/mol. The lowest BCUT2D eigenvalue weighted by Crippen LogP contribution is -2.11. The molecule has 0 fully saturated rings. The molecule has 4 heteroatoms. The number of ether oxygens (including phenoxy) is 1. The van der Waals surface area contributed by atoms with Crippen LogP contribution < -0.4 is 4.74 Å². The molecule has 1 atom stereocenters. The number of isocyanates is 1. The van der Waals surface area contributed by atoms with E-state index in [4.69, 9.17) is 9.84 Å². The number of phenolic OH excluding ortho intramolecular Hbond substituents is 1. The van der Waals surface area contributed by atoms with E-state index in [-0.39, 0.29) is 11.8 Å². The van der Waals surface area contributed by atoms with Gasteiger partial charge in [0, 0.05) is 6.07 Å². The number of hydrogen-bond acceptors (Lipinski definition) is 4. The molecule has 0 saturated heterocycles. The Morgan fingerprint density at radius 1 is 1.64 bits per heavy atom. The summed E-state index contributed by atoms with van der Waals surface area (Å²) in [5, 5.41) is 9.12. The Morgan fingerprint density at radius 2 is 2.43 bits per heavy atom. The summed E-state index contributed by atoms with van der Waals surface area (Å²) >= 11 is 0. The van der Waals surface area contributed by atoms with Gasteiger partial charge in [0.25, 0.3) is 0 Å². The van der Waals surface area contributed by atoms with Gasteiger partial charge >= 0.3 is 0 Å². The fraction of sp³-hybridized carbons (Fsp3) is 0.300. The zero-order valence-corrected chi connectivity index (χ0v) is 7.80. The smallest absolute Gasteiger partial charge is 0.235 e. The molecule has 0 aliphatic heterocycles. The Balaban J connectivity index is 2.49. The van der Waals surface area contributed by atoms with Gasteiger partial charge in [-0.25, -0.2) is 4.79 Å². The monoisotopic (exact) mass is 193 g/mol. The maximum absolute atomic E-state index is 9.89. The summed E-state index contributed by atoms with van der Waals surface area (Å²) in [6, 6.07) is 6.22. The highest BCUT2D eigenvalue weighted by Gasteiger charge is 2.00. The third-order valence-electron chi connectivity index (χ3n) is 1.58. The van der Waals surface area contributed by atoms with Crippen molar-refractivity contribution in [1.29, 1.82) is 0 Å². The molecule has 14 heavy (non-hydrogen) atoms. The molecular weight excluding hydrogens is 182 g/mol. The molecule has 0 aliphatic rings. The summed E-state index contributed by atoms with van der Waals surface area (Å²) in [5.74, 6) is 0.701. The zero-order valence-electron chi connectivity index (χ0n) is 7.80.